The molecule has 0 saturated heterocycles. The van der Waals surface area contributed by atoms with Crippen LogP contribution in [0.2, 0.25) is 0 Å². The monoisotopic (exact) mass is 207 g/mol. The van der Waals surface area contributed by atoms with E-state index < -0.39 is 0 Å². The number of hydrogen-bond acceptors (Lipinski definition) is 2. The van der Waals surface area contributed by atoms with Crippen LogP contribution >= 0.6 is 0 Å². The van der Waals surface area contributed by atoms with Gasteiger partial charge in [-0.15, -0.1) is 0 Å². The predicted octanol–water partition coefficient (Wildman–Crippen LogP) is 2.99. The van der Waals surface area contributed by atoms with Crippen LogP contribution in [0.1, 0.15) is 38.4 Å². The number of furan rings is 1. The average Bonchev–Trinajstić information content (AvgIpc) is 2.96. The molecule has 2 rings (SSSR count). The summed E-state index contributed by atoms with van der Waals surface area (Å²) in [6, 6.07) is 4.76. The number of rotatable bonds is 7. The van der Waals surface area contributed by atoms with Crippen molar-refractivity contribution in [2.45, 2.75) is 45.1 Å². The van der Waals surface area contributed by atoms with Crippen molar-refractivity contribution in [3.63, 3.8) is 0 Å². The van der Waals surface area contributed by atoms with E-state index in [-0.39, 0.29) is 0 Å². The van der Waals surface area contributed by atoms with Gasteiger partial charge in [-0.25, -0.2) is 0 Å². The summed E-state index contributed by atoms with van der Waals surface area (Å²) in [6.45, 7) is 3.32. The van der Waals surface area contributed by atoms with Crippen LogP contribution in [-0.4, -0.2) is 12.6 Å². The maximum Gasteiger partial charge on any atom is 0.105 e. The molecule has 0 amide bonds. The molecule has 0 radical (unpaired) electrons. The van der Waals surface area contributed by atoms with E-state index in [4.69, 9.17) is 4.42 Å². The van der Waals surface area contributed by atoms with Crippen molar-refractivity contribution in [3.8, 4) is 0 Å². The average molecular weight is 207 g/mol. The summed E-state index contributed by atoms with van der Waals surface area (Å²) in [4.78, 5) is 0. The van der Waals surface area contributed by atoms with Gasteiger partial charge < -0.3 is 9.73 Å². The first-order chi connectivity index (χ1) is 7.40. The molecule has 1 atom stereocenters. The third-order valence-corrected chi connectivity index (χ3v) is 3.15. The molecule has 1 saturated carbocycles. The van der Waals surface area contributed by atoms with Crippen molar-refractivity contribution in [1.82, 2.24) is 5.32 Å². The molecule has 2 heteroatoms. The fourth-order valence-corrected chi connectivity index (χ4v) is 2.15. The molecule has 84 valence electrons. The van der Waals surface area contributed by atoms with Crippen molar-refractivity contribution in [2.75, 3.05) is 6.54 Å². The highest BCUT2D eigenvalue weighted by Crippen LogP contribution is 2.34. The van der Waals surface area contributed by atoms with Gasteiger partial charge in [0.05, 0.1) is 6.26 Å². The summed E-state index contributed by atoms with van der Waals surface area (Å²) in [6.07, 6.45) is 8.23. The van der Waals surface area contributed by atoms with Crippen LogP contribution in [0.5, 0.6) is 0 Å². The van der Waals surface area contributed by atoms with E-state index in [1.807, 2.05) is 12.1 Å². The highest BCUT2D eigenvalue weighted by molar-refractivity contribution is 4.98. The lowest BCUT2D eigenvalue weighted by Gasteiger charge is -2.16. The molecule has 2 nitrogen and oxygen atoms in total. The van der Waals surface area contributed by atoms with E-state index in [2.05, 4.69) is 12.2 Å². The van der Waals surface area contributed by atoms with Gasteiger partial charge in [-0.3, -0.25) is 0 Å². The van der Waals surface area contributed by atoms with Crippen molar-refractivity contribution in [2.24, 2.45) is 5.92 Å². The molecular weight excluding hydrogens is 186 g/mol. The van der Waals surface area contributed by atoms with Gasteiger partial charge in [0.25, 0.3) is 0 Å². The topological polar surface area (TPSA) is 25.2 Å². The Balaban J connectivity index is 1.66. The highest BCUT2D eigenvalue weighted by Gasteiger charge is 2.29. The summed E-state index contributed by atoms with van der Waals surface area (Å²) in [5, 5.41) is 3.66. The highest BCUT2D eigenvalue weighted by atomic mass is 16.3. The molecule has 15 heavy (non-hydrogen) atoms. The van der Waals surface area contributed by atoms with E-state index >= 15 is 0 Å². The molecule has 1 unspecified atom stereocenters. The fourth-order valence-electron chi connectivity index (χ4n) is 2.15. The molecule has 0 aliphatic heterocycles. The van der Waals surface area contributed by atoms with Gasteiger partial charge in [0.15, 0.2) is 0 Å². The lowest BCUT2D eigenvalue weighted by molar-refractivity contribution is 0.420. The number of nitrogens with one attached hydrogen (secondary N) is 1. The van der Waals surface area contributed by atoms with Gasteiger partial charge in [-0.2, -0.15) is 0 Å². The molecule has 1 N–H and O–H groups in total. The first-order valence-electron chi connectivity index (χ1n) is 6.16. The summed E-state index contributed by atoms with van der Waals surface area (Å²) >= 11 is 0. The van der Waals surface area contributed by atoms with Crippen LogP contribution in [0.3, 0.4) is 0 Å². The molecule has 1 aliphatic carbocycles. The second-order valence-corrected chi connectivity index (χ2v) is 4.52. The summed E-state index contributed by atoms with van der Waals surface area (Å²) in [7, 11) is 0. The van der Waals surface area contributed by atoms with Crippen molar-refractivity contribution in [3.05, 3.63) is 24.2 Å². The Morgan fingerprint density at radius 3 is 3.00 bits per heavy atom. The smallest absolute Gasteiger partial charge is 0.105 e. The standard InChI is InChI=1S/C13H21NO/c1-2-4-13(11-6-7-11)14-9-8-12-5-3-10-15-12/h3,5,10-11,13-14H,2,4,6-9H2,1H3. The molecule has 0 bridgehead atoms. The zero-order valence-electron chi connectivity index (χ0n) is 9.54. The van der Waals surface area contributed by atoms with Crippen LogP contribution in [0.15, 0.2) is 22.8 Å². The first-order valence-corrected chi connectivity index (χ1v) is 6.16. The third kappa shape index (κ3) is 3.38. The lowest BCUT2D eigenvalue weighted by atomic mass is 10.1. The fraction of sp³-hybridized carbons (Fsp3) is 0.692. The maximum atomic E-state index is 5.31. The normalized spacial score (nSPS) is 17.9. The van der Waals surface area contributed by atoms with E-state index in [0.29, 0.717) is 0 Å². The SMILES string of the molecule is CCCC(NCCc1ccco1)C1CC1. The van der Waals surface area contributed by atoms with Gasteiger partial charge in [0.1, 0.15) is 5.76 Å². The molecule has 1 aliphatic rings. The molecule has 0 aromatic carbocycles. The molecule has 0 spiro atoms. The Labute approximate surface area is 92.1 Å². The van der Waals surface area contributed by atoms with E-state index in [1.54, 1.807) is 6.26 Å². The minimum absolute atomic E-state index is 0.755. The van der Waals surface area contributed by atoms with E-state index in [9.17, 15) is 0 Å². The van der Waals surface area contributed by atoms with Crippen LogP contribution in [0.25, 0.3) is 0 Å². The van der Waals surface area contributed by atoms with Crippen molar-refractivity contribution < 1.29 is 4.42 Å². The largest absolute Gasteiger partial charge is 0.469 e. The number of hydrogen-bond donors (Lipinski definition) is 1. The molecule has 1 heterocycles. The minimum Gasteiger partial charge on any atom is -0.469 e. The molecule has 1 aromatic rings. The summed E-state index contributed by atoms with van der Waals surface area (Å²) in [5.41, 5.74) is 0. The lowest BCUT2D eigenvalue weighted by Crippen LogP contribution is -2.32. The summed E-state index contributed by atoms with van der Waals surface area (Å²) < 4.78 is 5.31. The van der Waals surface area contributed by atoms with E-state index in [1.165, 1.54) is 25.7 Å². The Kier molecular flexibility index (Phi) is 3.84. The van der Waals surface area contributed by atoms with Crippen LogP contribution in [-0.2, 0) is 6.42 Å². The second kappa shape index (κ2) is 5.36. The maximum absolute atomic E-state index is 5.31. The van der Waals surface area contributed by atoms with Gasteiger partial charge in [0.2, 0.25) is 0 Å². The van der Waals surface area contributed by atoms with Gasteiger partial charge in [-0.1, -0.05) is 13.3 Å². The van der Waals surface area contributed by atoms with Crippen LogP contribution in [0.4, 0.5) is 0 Å². The van der Waals surface area contributed by atoms with Gasteiger partial charge in [-0.05, 0) is 37.3 Å². The Morgan fingerprint density at radius 1 is 1.53 bits per heavy atom. The molecular formula is C13H21NO. The Hall–Kier alpha value is -0.760. The Morgan fingerprint density at radius 2 is 2.40 bits per heavy atom. The van der Waals surface area contributed by atoms with Gasteiger partial charge >= 0.3 is 0 Å². The summed E-state index contributed by atoms with van der Waals surface area (Å²) in [5.74, 6) is 2.05. The quantitative estimate of drug-likeness (QED) is 0.743. The second-order valence-electron chi connectivity index (χ2n) is 4.52. The van der Waals surface area contributed by atoms with Crippen LogP contribution in [0, 0.1) is 5.92 Å². The van der Waals surface area contributed by atoms with Crippen molar-refractivity contribution >= 4 is 0 Å². The first kappa shape index (κ1) is 10.7. The minimum atomic E-state index is 0.755. The predicted molar refractivity (Wildman–Crippen MR) is 61.8 cm³/mol. The van der Waals surface area contributed by atoms with E-state index in [0.717, 1.165) is 30.7 Å². The zero-order valence-corrected chi connectivity index (χ0v) is 9.54. The molecule has 1 fully saturated rings. The zero-order chi connectivity index (χ0) is 10.5. The van der Waals surface area contributed by atoms with Crippen molar-refractivity contribution in [1.29, 1.82) is 0 Å². The van der Waals surface area contributed by atoms with Crippen LogP contribution < -0.4 is 5.32 Å². The van der Waals surface area contributed by atoms with Gasteiger partial charge in [0, 0.05) is 19.0 Å². The Bertz CT molecular complexity index is 264. The third-order valence-electron chi connectivity index (χ3n) is 3.15. The molecule has 1 aromatic heterocycles.